The molecule has 0 unspecified atom stereocenters. The second kappa shape index (κ2) is 8.73. The molecule has 0 aliphatic carbocycles. The highest BCUT2D eigenvalue weighted by atomic mass is 16.5. The SMILES string of the molecule is COc1cc(/C=N\Nc2ccc(C(=O)[O-])cc2)ccc1OCC(C)C. The van der Waals surface area contributed by atoms with E-state index in [2.05, 4.69) is 24.4 Å². The summed E-state index contributed by atoms with van der Waals surface area (Å²) in [4.78, 5) is 10.7. The second-order valence-electron chi connectivity index (χ2n) is 5.85. The van der Waals surface area contributed by atoms with E-state index in [0.29, 0.717) is 29.7 Å². The number of carbonyl (C=O) groups excluding carboxylic acids is 1. The molecule has 0 amide bonds. The Labute approximate surface area is 147 Å². The number of anilines is 1. The first-order chi connectivity index (χ1) is 12.0. The molecule has 0 fully saturated rings. The van der Waals surface area contributed by atoms with Crippen LogP contribution in [0.15, 0.2) is 47.6 Å². The summed E-state index contributed by atoms with van der Waals surface area (Å²) < 4.78 is 11.1. The maximum Gasteiger partial charge on any atom is 0.161 e. The van der Waals surface area contributed by atoms with Crippen LogP contribution in [0.3, 0.4) is 0 Å². The maximum absolute atomic E-state index is 10.7. The largest absolute Gasteiger partial charge is 0.545 e. The van der Waals surface area contributed by atoms with E-state index in [1.165, 1.54) is 12.1 Å². The van der Waals surface area contributed by atoms with Crippen LogP contribution in [-0.2, 0) is 0 Å². The lowest BCUT2D eigenvalue weighted by atomic mass is 10.2. The number of nitrogens with zero attached hydrogens (tertiary/aromatic N) is 1. The molecule has 6 nitrogen and oxygen atoms in total. The van der Waals surface area contributed by atoms with E-state index in [1.807, 2.05) is 18.2 Å². The van der Waals surface area contributed by atoms with Gasteiger partial charge >= 0.3 is 0 Å². The van der Waals surface area contributed by atoms with Gasteiger partial charge in [0.2, 0.25) is 0 Å². The summed E-state index contributed by atoms with van der Waals surface area (Å²) in [6.45, 7) is 4.78. The number of carboxylic acids is 1. The van der Waals surface area contributed by atoms with Crippen LogP contribution in [0.4, 0.5) is 5.69 Å². The lowest BCUT2D eigenvalue weighted by Crippen LogP contribution is -2.21. The number of carboxylic acid groups (broad SMARTS) is 1. The predicted molar refractivity (Wildman–Crippen MR) is 95.3 cm³/mol. The van der Waals surface area contributed by atoms with Crippen LogP contribution in [0.25, 0.3) is 0 Å². The van der Waals surface area contributed by atoms with Crippen molar-refractivity contribution >= 4 is 17.9 Å². The predicted octanol–water partition coefficient (Wildman–Crippen LogP) is 2.54. The van der Waals surface area contributed by atoms with Gasteiger partial charge < -0.3 is 19.4 Å². The van der Waals surface area contributed by atoms with Crippen molar-refractivity contribution in [2.75, 3.05) is 19.1 Å². The van der Waals surface area contributed by atoms with Gasteiger partial charge in [-0.2, -0.15) is 5.10 Å². The first-order valence-electron chi connectivity index (χ1n) is 7.91. The molecule has 0 atom stereocenters. The Morgan fingerprint density at radius 2 is 1.92 bits per heavy atom. The number of hydrogen-bond acceptors (Lipinski definition) is 6. The maximum atomic E-state index is 10.7. The van der Waals surface area contributed by atoms with Crippen molar-refractivity contribution in [3.63, 3.8) is 0 Å². The summed E-state index contributed by atoms with van der Waals surface area (Å²) in [5.41, 5.74) is 4.47. The quantitative estimate of drug-likeness (QED) is 0.589. The summed E-state index contributed by atoms with van der Waals surface area (Å²) in [6.07, 6.45) is 1.64. The Morgan fingerprint density at radius 1 is 1.20 bits per heavy atom. The zero-order chi connectivity index (χ0) is 18.2. The van der Waals surface area contributed by atoms with E-state index >= 15 is 0 Å². The first-order valence-corrected chi connectivity index (χ1v) is 7.91. The Kier molecular flexibility index (Phi) is 6.39. The Balaban J connectivity index is 2.01. The van der Waals surface area contributed by atoms with E-state index in [-0.39, 0.29) is 5.56 Å². The molecule has 2 aromatic rings. The van der Waals surface area contributed by atoms with Crippen LogP contribution in [0, 0.1) is 5.92 Å². The van der Waals surface area contributed by atoms with Crippen LogP contribution in [0.1, 0.15) is 29.8 Å². The van der Waals surface area contributed by atoms with Crippen molar-refractivity contribution in [1.82, 2.24) is 0 Å². The average molecular weight is 341 g/mol. The van der Waals surface area contributed by atoms with Gasteiger partial charge in [0, 0.05) is 0 Å². The number of benzene rings is 2. The fourth-order valence-corrected chi connectivity index (χ4v) is 2.00. The zero-order valence-corrected chi connectivity index (χ0v) is 14.5. The Morgan fingerprint density at radius 3 is 2.52 bits per heavy atom. The normalized spacial score (nSPS) is 10.9. The molecule has 0 heterocycles. The van der Waals surface area contributed by atoms with Gasteiger partial charge in [0.25, 0.3) is 0 Å². The summed E-state index contributed by atoms with van der Waals surface area (Å²) in [5, 5.41) is 14.8. The third-order valence-corrected chi connectivity index (χ3v) is 3.29. The smallest absolute Gasteiger partial charge is 0.161 e. The Bertz CT molecular complexity index is 740. The minimum atomic E-state index is -1.21. The van der Waals surface area contributed by atoms with Crippen LogP contribution < -0.4 is 20.0 Å². The van der Waals surface area contributed by atoms with E-state index in [9.17, 15) is 9.90 Å². The van der Waals surface area contributed by atoms with E-state index in [1.54, 1.807) is 25.5 Å². The lowest BCUT2D eigenvalue weighted by molar-refractivity contribution is -0.255. The number of methoxy groups -OCH3 is 1. The van der Waals surface area contributed by atoms with Gasteiger partial charge in [-0.15, -0.1) is 0 Å². The molecule has 0 saturated heterocycles. The van der Waals surface area contributed by atoms with Gasteiger partial charge in [0.05, 0.1) is 31.6 Å². The molecule has 25 heavy (non-hydrogen) atoms. The molecule has 132 valence electrons. The molecular weight excluding hydrogens is 320 g/mol. The molecule has 0 aliphatic heterocycles. The number of carbonyl (C=O) groups is 1. The highest BCUT2D eigenvalue weighted by Crippen LogP contribution is 2.28. The van der Waals surface area contributed by atoms with Gasteiger partial charge in [-0.1, -0.05) is 26.0 Å². The molecule has 6 heteroatoms. The van der Waals surface area contributed by atoms with Crippen molar-refractivity contribution in [3.8, 4) is 11.5 Å². The highest BCUT2D eigenvalue weighted by molar-refractivity contribution is 5.86. The van der Waals surface area contributed by atoms with E-state index in [0.717, 1.165) is 5.56 Å². The third-order valence-electron chi connectivity index (χ3n) is 3.29. The third kappa shape index (κ3) is 5.53. The summed E-state index contributed by atoms with van der Waals surface area (Å²) >= 11 is 0. The van der Waals surface area contributed by atoms with Crippen LogP contribution in [0.2, 0.25) is 0 Å². The summed E-state index contributed by atoms with van der Waals surface area (Å²) in [5.74, 6) is 0.558. The minimum Gasteiger partial charge on any atom is -0.545 e. The van der Waals surface area contributed by atoms with Gasteiger partial charge in [0.15, 0.2) is 11.5 Å². The van der Waals surface area contributed by atoms with Crippen molar-refractivity contribution < 1.29 is 19.4 Å². The number of aromatic carboxylic acids is 1. The van der Waals surface area contributed by atoms with Crippen molar-refractivity contribution in [3.05, 3.63) is 53.6 Å². The molecule has 0 aromatic heterocycles. The highest BCUT2D eigenvalue weighted by Gasteiger charge is 2.06. The summed E-state index contributed by atoms with van der Waals surface area (Å²) in [7, 11) is 1.59. The molecular formula is C19H21N2O4-. The molecule has 1 N–H and O–H groups in total. The molecule has 2 rings (SSSR count). The molecule has 0 saturated carbocycles. The van der Waals surface area contributed by atoms with Gasteiger partial charge in [0.1, 0.15) is 0 Å². The summed E-state index contributed by atoms with van der Waals surface area (Å²) in [6, 6.07) is 11.7. The average Bonchev–Trinajstić information content (AvgIpc) is 2.60. The topological polar surface area (TPSA) is 83.0 Å². The van der Waals surface area contributed by atoms with Gasteiger partial charge in [-0.25, -0.2) is 0 Å². The van der Waals surface area contributed by atoms with Crippen molar-refractivity contribution in [2.24, 2.45) is 11.0 Å². The molecule has 0 aliphatic rings. The fourth-order valence-electron chi connectivity index (χ4n) is 2.00. The Hall–Kier alpha value is -3.02. The first kappa shape index (κ1) is 18.3. The molecule has 2 aromatic carbocycles. The lowest BCUT2D eigenvalue weighted by Gasteiger charge is -2.12. The fraction of sp³-hybridized carbons (Fsp3) is 0.263. The zero-order valence-electron chi connectivity index (χ0n) is 14.5. The van der Waals surface area contributed by atoms with E-state index < -0.39 is 5.97 Å². The van der Waals surface area contributed by atoms with Gasteiger partial charge in [-0.3, -0.25) is 5.43 Å². The standard InChI is InChI=1S/C19H22N2O4/c1-13(2)12-25-17-9-4-14(10-18(17)24-3)11-20-21-16-7-5-15(6-8-16)19(22)23/h4-11,13,21H,12H2,1-3H3,(H,22,23)/p-1/b20-11-. The van der Waals surface area contributed by atoms with Crippen LogP contribution >= 0.6 is 0 Å². The van der Waals surface area contributed by atoms with Crippen LogP contribution in [0.5, 0.6) is 11.5 Å². The number of nitrogens with one attached hydrogen (secondary N) is 1. The number of rotatable bonds is 8. The minimum absolute atomic E-state index is 0.122. The number of hydrazone groups is 1. The number of ether oxygens (including phenoxy) is 2. The monoisotopic (exact) mass is 341 g/mol. The second-order valence-corrected chi connectivity index (χ2v) is 5.85. The number of hydrogen-bond donors (Lipinski definition) is 1. The molecule has 0 bridgehead atoms. The van der Waals surface area contributed by atoms with Crippen molar-refractivity contribution in [2.45, 2.75) is 13.8 Å². The molecule has 0 spiro atoms. The van der Waals surface area contributed by atoms with Gasteiger partial charge in [-0.05, 0) is 47.4 Å². The van der Waals surface area contributed by atoms with Crippen LogP contribution in [-0.4, -0.2) is 25.9 Å². The molecule has 0 radical (unpaired) electrons. The van der Waals surface area contributed by atoms with Crippen molar-refractivity contribution in [1.29, 1.82) is 0 Å². The van der Waals surface area contributed by atoms with E-state index in [4.69, 9.17) is 9.47 Å².